The predicted octanol–water partition coefficient (Wildman–Crippen LogP) is 4.77. The van der Waals surface area contributed by atoms with Crippen molar-refractivity contribution in [3.05, 3.63) is 72.1 Å². The minimum Gasteiger partial charge on any atom is -0.497 e. The van der Waals surface area contributed by atoms with Gasteiger partial charge in [0.15, 0.2) is 5.78 Å². The highest BCUT2D eigenvalue weighted by Gasteiger charge is 2.33. The Hall–Kier alpha value is -3.25. The summed E-state index contributed by atoms with van der Waals surface area (Å²) in [6, 6.07) is 16.5. The summed E-state index contributed by atoms with van der Waals surface area (Å²) in [5.41, 5.74) is 1.12. The normalized spacial score (nSPS) is 12.9. The van der Waals surface area contributed by atoms with E-state index in [2.05, 4.69) is 4.98 Å². The molecule has 2 atom stereocenters. The maximum Gasteiger partial charge on any atom is 0.316 e. The number of Topliss-reactive ketones (excluding diaryl/α,β-unsaturated/α-hetero) is 1. The van der Waals surface area contributed by atoms with E-state index in [1.54, 1.807) is 44.5 Å². The highest BCUT2D eigenvalue weighted by Crippen LogP contribution is 2.31. The summed E-state index contributed by atoms with van der Waals surface area (Å²) in [6.45, 7) is 4.21. The molecule has 0 spiro atoms. The average molecular weight is 421 g/mol. The second-order valence-electron chi connectivity index (χ2n) is 6.99. The third-order valence-corrected chi connectivity index (χ3v) is 5.09. The van der Waals surface area contributed by atoms with Crippen LogP contribution in [-0.2, 0) is 14.3 Å². The maximum atomic E-state index is 13.3. The fourth-order valence-corrected chi connectivity index (χ4v) is 3.58. The molecule has 0 amide bonds. The summed E-state index contributed by atoms with van der Waals surface area (Å²) in [7, 11) is 1.56. The molecule has 6 heteroatoms. The van der Waals surface area contributed by atoms with Crippen molar-refractivity contribution in [3.63, 3.8) is 0 Å². The number of ether oxygens (including phenoxy) is 3. The molecule has 0 aliphatic rings. The number of esters is 1. The van der Waals surface area contributed by atoms with E-state index in [0.29, 0.717) is 23.6 Å². The van der Waals surface area contributed by atoms with E-state index in [0.717, 1.165) is 10.8 Å². The van der Waals surface area contributed by atoms with Crippen molar-refractivity contribution in [2.24, 2.45) is 5.92 Å². The van der Waals surface area contributed by atoms with E-state index >= 15 is 0 Å². The quantitative estimate of drug-likeness (QED) is 0.267. The molecule has 1 heterocycles. The average Bonchev–Trinajstić information content (AvgIpc) is 2.81. The molecule has 2 aromatic carbocycles. The number of rotatable bonds is 10. The Morgan fingerprint density at radius 2 is 1.71 bits per heavy atom. The summed E-state index contributed by atoms with van der Waals surface area (Å²) >= 11 is 0. The number of nitrogens with zero attached hydrogens (tertiary/aromatic N) is 1. The topological polar surface area (TPSA) is 74.7 Å². The number of benzene rings is 2. The molecule has 3 rings (SSSR count). The number of pyridine rings is 1. The first-order valence-corrected chi connectivity index (χ1v) is 10.4. The molecule has 0 fully saturated rings. The number of hydrogen-bond acceptors (Lipinski definition) is 6. The molecule has 1 aromatic heterocycles. The lowest BCUT2D eigenvalue weighted by atomic mass is 9.90. The minimum absolute atomic E-state index is 0.137. The molecule has 0 bridgehead atoms. The molecule has 0 aliphatic heterocycles. The van der Waals surface area contributed by atoms with Crippen molar-refractivity contribution in [1.82, 2.24) is 4.98 Å². The Balaban J connectivity index is 1.96. The van der Waals surface area contributed by atoms with Crippen molar-refractivity contribution in [2.45, 2.75) is 26.4 Å². The Morgan fingerprint density at radius 3 is 2.39 bits per heavy atom. The van der Waals surface area contributed by atoms with Gasteiger partial charge in [-0.05, 0) is 56.0 Å². The van der Waals surface area contributed by atoms with E-state index in [1.807, 2.05) is 37.3 Å². The molecule has 0 saturated heterocycles. The Morgan fingerprint density at radius 1 is 0.968 bits per heavy atom. The number of carbonyl (C=O) groups is 2. The van der Waals surface area contributed by atoms with Crippen molar-refractivity contribution in [2.75, 3.05) is 20.3 Å². The van der Waals surface area contributed by atoms with Crippen LogP contribution < -0.4 is 4.74 Å². The molecule has 0 N–H and O–H groups in total. The Bertz CT molecular complexity index is 1030. The van der Waals surface area contributed by atoms with Gasteiger partial charge in [0.2, 0.25) is 0 Å². The van der Waals surface area contributed by atoms with E-state index in [9.17, 15) is 9.59 Å². The van der Waals surface area contributed by atoms with Gasteiger partial charge < -0.3 is 14.2 Å². The number of aromatic nitrogens is 1. The van der Waals surface area contributed by atoms with Gasteiger partial charge in [-0.3, -0.25) is 14.6 Å². The SMILES string of the molecule is CCOC(=O)C(CC(OCC)c1nccc2ccccc12)C(=O)c1ccc(OC)cc1. The predicted molar refractivity (Wildman–Crippen MR) is 118 cm³/mol. The van der Waals surface area contributed by atoms with Gasteiger partial charge in [-0.2, -0.15) is 0 Å². The summed E-state index contributed by atoms with van der Waals surface area (Å²) < 4.78 is 16.4. The first-order chi connectivity index (χ1) is 15.1. The van der Waals surface area contributed by atoms with Crippen LogP contribution in [0.2, 0.25) is 0 Å². The zero-order chi connectivity index (χ0) is 22.2. The number of fused-ring (bicyclic) bond motifs is 1. The van der Waals surface area contributed by atoms with Gasteiger partial charge in [0.05, 0.1) is 19.4 Å². The van der Waals surface area contributed by atoms with Gasteiger partial charge in [-0.15, -0.1) is 0 Å². The van der Waals surface area contributed by atoms with Gasteiger partial charge in [-0.25, -0.2) is 0 Å². The second-order valence-corrected chi connectivity index (χ2v) is 6.99. The number of hydrogen-bond donors (Lipinski definition) is 0. The zero-order valence-corrected chi connectivity index (χ0v) is 18.0. The highest BCUT2D eigenvalue weighted by atomic mass is 16.5. The fourth-order valence-electron chi connectivity index (χ4n) is 3.58. The van der Waals surface area contributed by atoms with Crippen LogP contribution in [-0.4, -0.2) is 37.1 Å². The summed E-state index contributed by atoms with van der Waals surface area (Å²) in [4.78, 5) is 30.6. The fraction of sp³-hybridized carbons (Fsp3) is 0.320. The third-order valence-electron chi connectivity index (χ3n) is 5.09. The van der Waals surface area contributed by atoms with Crippen LogP contribution in [0.3, 0.4) is 0 Å². The van der Waals surface area contributed by atoms with Crippen molar-refractivity contribution >= 4 is 22.5 Å². The highest BCUT2D eigenvalue weighted by molar-refractivity contribution is 6.08. The van der Waals surface area contributed by atoms with Gasteiger partial charge in [0.1, 0.15) is 17.8 Å². The van der Waals surface area contributed by atoms with Crippen LogP contribution in [0.5, 0.6) is 5.75 Å². The lowest BCUT2D eigenvalue weighted by Gasteiger charge is -2.22. The van der Waals surface area contributed by atoms with Crippen LogP contribution in [0.25, 0.3) is 10.8 Å². The Kier molecular flexibility index (Phi) is 7.73. The molecular formula is C25H27NO5. The minimum atomic E-state index is -1.01. The standard InChI is InChI=1S/C25H27NO5/c1-4-30-22(23-20-9-7-6-8-17(20)14-15-26-23)16-21(25(28)31-5-2)24(27)18-10-12-19(29-3)13-11-18/h6-15,21-22H,4-5,16H2,1-3H3. The summed E-state index contributed by atoms with van der Waals surface area (Å²) in [6.07, 6.45) is 1.32. The monoisotopic (exact) mass is 421 g/mol. The number of carbonyl (C=O) groups excluding carboxylic acids is 2. The van der Waals surface area contributed by atoms with E-state index in [1.165, 1.54) is 0 Å². The van der Waals surface area contributed by atoms with Crippen molar-refractivity contribution in [1.29, 1.82) is 0 Å². The van der Waals surface area contributed by atoms with Gasteiger partial charge in [0, 0.05) is 23.8 Å². The van der Waals surface area contributed by atoms with Crippen LogP contribution in [0.1, 0.15) is 42.4 Å². The molecular weight excluding hydrogens is 394 g/mol. The van der Waals surface area contributed by atoms with Crippen LogP contribution >= 0.6 is 0 Å². The third kappa shape index (κ3) is 5.27. The van der Waals surface area contributed by atoms with Gasteiger partial charge >= 0.3 is 5.97 Å². The number of ketones is 1. The lowest BCUT2D eigenvalue weighted by molar-refractivity contribution is -0.147. The van der Waals surface area contributed by atoms with E-state index in [-0.39, 0.29) is 18.8 Å². The lowest BCUT2D eigenvalue weighted by Crippen LogP contribution is -2.29. The number of methoxy groups -OCH3 is 1. The smallest absolute Gasteiger partial charge is 0.316 e. The molecule has 2 unspecified atom stereocenters. The van der Waals surface area contributed by atoms with E-state index < -0.39 is 18.0 Å². The maximum absolute atomic E-state index is 13.3. The Labute approximate surface area is 182 Å². The van der Waals surface area contributed by atoms with Crippen molar-refractivity contribution < 1.29 is 23.8 Å². The van der Waals surface area contributed by atoms with Crippen LogP contribution in [0.15, 0.2) is 60.8 Å². The molecule has 0 radical (unpaired) electrons. The second kappa shape index (κ2) is 10.7. The van der Waals surface area contributed by atoms with Crippen LogP contribution in [0, 0.1) is 5.92 Å². The molecule has 6 nitrogen and oxygen atoms in total. The molecule has 162 valence electrons. The molecule has 31 heavy (non-hydrogen) atoms. The summed E-state index contributed by atoms with van der Waals surface area (Å²) in [5.74, 6) is -1.25. The zero-order valence-electron chi connectivity index (χ0n) is 18.0. The van der Waals surface area contributed by atoms with Crippen molar-refractivity contribution in [3.8, 4) is 5.75 Å². The van der Waals surface area contributed by atoms with Crippen LogP contribution in [0.4, 0.5) is 0 Å². The summed E-state index contributed by atoms with van der Waals surface area (Å²) in [5, 5.41) is 1.95. The van der Waals surface area contributed by atoms with Gasteiger partial charge in [0.25, 0.3) is 0 Å². The molecule has 0 aliphatic carbocycles. The first-order valence-electron chi connectivity index (χ1n) is 10.4. The van der Waals surface area contributed by atoms with E-state index in [4.69, 9.17) is 14.2 Å². The largest absolute Gasteiger partial charge is 0.497 e. The van der Waals surface area contributed by atoms with Gasteiger partial charge in [-0.1, -0.05) is 24.3 Å². The molecule has 3 aromatic rings. The first kappa shape index (κ1) is 22.4. The molecule has 0 saturated carbocycles.